The van der Waals surface area contributed by atoms with Gasteiger partial charge in [0.05, 0.1) is 16.2 Å². The number of fused-ring (bicyclic) bond motifs is 1. The maximum absolute atomic E-state index is 13.0. The summed E-state index contributed by atoms with van der Waals surface area (Å²) in [5.41, 5.74) is -0.440. The topological polar surface area (TPSA) is 97.6 Å². The number of carbonyl (C=O) groups excluding carboxylic acids is 3. The quantitative estimate of drug-likeness (QED) is 0.279. The van der Waals surface area contributed by atoms with Gasteiger partial charge in [0.2, 0.25) is 0 Å². The third-order valence-corrected chi connectivity index (χ3v) is 4.80. The summed E-state index contributed by atoms with van der Waals surface area (Å²) in [5, 5.41) is 11.6. The molecule has 0 fully saturated rings. The fraction of sp³-hybridized carbons (Fsp3) is 0. The molecule has 0 N–H and O–H groups in total. The number of nitro benzene ring substituents is 1. The summed E-state index contributed by atoms with van der Waals surface area (Å²) < 4.78 is 0. The van der Waals surface area contributed by atoms with Crippen molar-refractivity contribution in [2.75, 3.05) is 4.90 Å². The fourth-order valence-corrected chi connectivity index (χ4v) is 3.44. The van der Waals surface area contributed by atoms with Gasteiger partial charge >= 0.3 is 0 Å². The van der Waals surface area contributed by atoms with E-state index in [4.69, 9.17) is 11.6 Å². The predicted octanol–water partition coefficient (Wildman–Crippen LogP) is 4.28. The number of rotatable bonds is 4. The summed E-state index contributed by atoms with van der Waals surface area (Å²) in [6.07, 6.45) is 0. The SMILES string of the molecule is O=C(c1ccccc1)c1cc(Cl)ccc1N1C(=O)c2cccc([N+](=O)[O-])c2C1=O. The van der Waals surface area contributed by atoms with Gasteiger partial charge in [-0.15, -0.1) is 0 Å². The molecule has 0 aliphatic carbocycles. The summed E-state index contributed by atoms with van der Waals surface area (Å²) in [6.45, 7) is 0. The first-order valence-corrected chi connectivity index (χ1v) is 8.83. The van der Waals surface area contributed by atoms with Crippen LogP contribution in [-0.2, 0) is 0 Å². The highest BCUT2D eigenvalue weighted by atomic mass is 35.5. The summed E-state index contributed by atoms with van der Waals surface area (Å²) in [5.74, 6) is -2.03. The number of benzene rings is 3. The average molecular weight is 407 g/mol. The Hall–Kier alpha value is -3.84. The molecule has 3 aromatic rings. The van der Waals surface area contributed by atoms with E-state index in [1.807, 2.05) is 0 Å². The molecule has 1 heterocycles. The predicted molar refractivity (Wildman–Crippen MR) is 106 cm³/mol. The van der Waals surface area contributed by atoms with Crippen LogP contribution in [0.25, 0.3) is 0 Å². The van der Waals surface area contributed by atoms with Crippen molar-refractivity contribution in [3.8, 4) is 0 Å². The van der Waals surface area contributed by atoms with Gasteiger partial charge in [0.15, 0.2) is 5.78 Å². The van der Waals surface area contributed by atoms with Crippen LogP contribution >= 0.6 is 11.6 Å². The van der Waals surface area contributed by atoms with Gasteiger partial charge in [-0.2, -0.15) is 0 Å². The zero-order chi connectivity index (χ0) is 20.7. The normalized spacial score (nSPS) is 12.8. The Balaban J connectivity index is 1.88. The van der Waals surface area contributed by atoms with Gasteiger partial charge < -0.3 is 0 Å². The van der Waals surface area contributed by atoms with Crippen molar-refractivity contribution >= 4 is 40.6 Å². The van der Waals surface area contributed by atoms with E-state index in [1.165, 1.54) is 30.3 Å². The monoisotopic (exact) mass is 406 g/mol. The Kier molecular flexibility index (Phi) is 4.44. The van der Waals surface area contributed by atoms with Gasteiger partial charge in [-0.3, -0.25) is 24.5 Å². The lowest BCUT2D eigenvalue weighted by Crippen LogP contribution is -2.31. The Morgan fingerprint density at radius 1 is 0.931 bits per heavy atom. The summed E-state index contributed by atoms with van der Waals surface area (Å²) in [7, 11) is 0. The molecule has 1 aliphatic rings. The highest BCUT2D eigenvalue weighted by molar-refractivity contribution is 6.37. The van der Waals surface area contributed by atoms with E-state index in [0.29, 0.717) is 5.56 Å². The third kappa shape index (κ3) is 2.97. The lowest BCUT2D eigenvalue weighted by atomic mass is 10.0. The zero-order valence-electron chi connectivity index (χ0n) is 14.7. The first-order valence-electron chi connectivity index (χ1n) is 8.45. The molecule has 0 radical (unpaired) electrons. The first kappa shape index (κ1) is 18.5. The van der Waals surface area contributed by atoms with Crippen molar-refractivity contribution in [1.82, 2.24) is 0 Å². The van der Waals surface area contributed by atoms with E-state index in [1.54, 1.807) is 30.3 Å². The highest BCUT2D eigenvalue weighted by Crippen LogP contribution is 2.36. The van der Waals surface area contributed by atoms with E-state index >= 15 is 0 Å². The molecule has 0 saturated heterocycles. The second-order valence-corrected chi connectivity index (χ2v) is 6.70. The van der Waals surface area contributed by atoms with Gasteiger partial charge in [0.1, 0.15) is 5.56 Å². The van der Waals surface area contributed by atoms with Crippen LogP contribution in [0.3, 0.4) is 0 Å². The smallest absolute Gasteiger partial charge is 0.283 e. The molecule has 1 aliphatic heterocycles. The van der Waals surface area contributed by atoms with Crippen molar-refractivity contribution < 1.29 is 19.3 Å². The van der Waals surface area contributed by atoms with E-state index in [2.05, 4.69) is 0 Å². The van der Waals surface area contributed by atoms with Gasteiger partial charge in [-0.25, -0.2) is 4.90 Å². The molecule has 7 nitrogen and oxygen atoms in total. The fourth-order valence-electron chi connectivity index (χ4n) is 3.27. The van der Waals surface area contributed by atoms with Gasteiger partial charge in [0, 0.05) is 22.2 Å². The van der Waals surface area contributed by atoms with Gasteiger partial charge in [-0.05, 0) is 24.3 Å². The number of amides is 2. The van der Waals surface area contributed by atoms with Crippen molar-refractivity contribution in [3.05, 3.63) is 104 Å². The number of hydrogen-bond donors (Lipinski definition) is 0. The standard InChI is InChI=1S/C21H11ClN2O5/c22-13-9-10-16(15(11-13)19(25)12-5-2-1-3-6-12)23-20(26)14-7-4-8-17(24(28)29)18(14)21(23)27/h1-11H. The van der Waals surface area contributed by atoms with Crippen LogP contribution in [0.2, 0.25) is 5.02 Å². The number of halogens is 1. The van der Waals surface area contributed by atoms with Gasteiger partial charge in [0.25, 0.3) is 17.5 Å². The third-order valence-electron chi connectivity index (χ3n) is 4.57. The van der Waals surface area contributed by atoms with Crippen LogP contribution in [-0.4, -0.2) is 22.5 Å². The van der Waals surface area contributed by atoms with Crippen molar-refractivity contribution in [2.24, 2.45) is 0 Å². The number of hydrogen-bond acceptors (Lipinski definition) is 5. The van der Waals surface area contributed by atoms with Crippen LogP contribution < -0.4 is 4.90 Å². The molecule has 8 heteroatoms. The minimum atomic E-state index is -0.860. The Morgan fingerprint density at radius 3 is 2.34 bits per heavy atom. The molecule has 0 aromatic heterocycles. The Labute approximate surface area is 169 Å². The maximum atomic E-state index is 13.0. The summed E-state index contributed by atoms with van der Waals surface area (Å²) in [6, 6.07) is 16.3. The largest absolute Gasteiger partial charge is 0.289 e. The molecule has 0 atom stereocenters. The van der Waals surface area contributed by atoms with Crippen LogP contribution in [0.15, 0.2) is 66.7 Å². The minimum Gasteiger partial charge on any atom is -0.289 e. The molecular weight excluding hydrogens is 396 g/mol. The molecule has 3 aromatic carbocycles. The molecule has 142 valence electrons. The van der Waals surface area contributed by atoms with Crippen molar-refractivity contribution in [1.29, 1.82) is 0 Å². The molecule has 0 spiro atoms. The van der Waals surface area contributed by atoms with Gasteiger partial charge in [-0.1, -0.05) is 48.0 Å². The van der Waals surface area contributed by atoms with E-state index in [-0.39, 0.29) is 27.4 Å². The van der Waals surface area contributed by atoms with Crippen molar-refractivity contribution in [3.63, 3.8) is 0 Å². The van der Waals surface area contributed by atoms with E-state index < -0.39 is 28.2 Å². The van der Waals surface area contributed by atoms with Crippen molar-refractivity contribution in [2.45, 2.75) is 0 Å². The number of nitro groups is 1. The first-order chi connectivity index (χ1) is 13.9. The molecule has 29 heavy (non-hydrogen) atoms. The number of ketones is 1. The second kappa shape index (κ2) is 6.96. The zero-order valence-corrected chi connectivity index (χ0v) is 15.4. The van der Waals surface area contributed by atoms with Crippen LogP contribution in [0.1, 0.15) is 36.6 Å². The number of carbonyl (C=O) groups is 3. The highest BCUT2D eigenvalue weighted by Gasteiger charge is 2.43. The van der Waals surface area contributed by atoms with Crippen LogP contribution in [0.5, 0.6) is 0 Å². The minimum absolute atomic E-state index is 0.0174. The Bertz CT molecular complexity index is 1210. The lowest BCUT2D eigenvalue weighted by molar-refractivity contribution is -0.385. The Morgan fingerprint density at radius 2 is 1.66 bits per heavy atom. The van der Waals surface area contributed by atoms with Crippen LogP contribution in [0, 0.1) is 10.1 Å². The average Bonchev–Trinajstić information content (AvgIpc) is 2.98. The molecular formula is C21H11ClN2O5. The summed E-state index contributed by atoms with van der Waals surface area (Å²) >= 11 is 6.05. The molecule has 0 bridgehead atoms. The second-order valence-electron chi connectivity index (χ2n) is 6.26. The summed E-state index contributed by atoms with van der Waals surface area (Å²) in [4.78, 5) is 50.3. The van der Waals surface area contributed by atoms with Crippen LogP contribution in [0.4, 0.5) is 11.4 Å². The van der Waals surface area contributed by atoms with E-state index in [9.17, 15) is 24.5 Å². The lowest BCUT2D eigenvalue weighted by Gasteiger charge is -2.18. The molecule has 4 rings (SSSR count). The number of nitrogens with zero attached hydrogens (tertiary/aromatic N) is 2. The molecule has 0 saturated carbocycles. The molecule has 0 unspecified atom stereocenters. The maximum Gasteiger partial charge on any atom is 0.283 e. The molecule has 2 amide bonds. The van der Waals surface area contributed by atoms with E-state index in [0.717, 1.165) is 11.0 Å². The number of anilines is 1. The number of imide groups is 1.